The average molecular weight is 309 g/mol. The monoisotopic (exact) mass is 309 g/mol. The summed E-state index contributed by atoms with van der Waals surface area (Å²) in [6.07, 6.45) is 2.85. The highest BCUT2D eigenvalue weighted by molar-refractivity contribution is 5.79. The van der Waals surface area contributed by atoms with Gasteiger partial charge in [0.25, 0.3) is 0 Å². The molecule has 0 aliphatic heterocycles. The van der Waals surface area contributed by atoms with Crippen molar-refractivity contribution in [3.63, 3.8) is 0 Å². The maximum atomic E-state index is 13.2. The smallest absolute Gasteiger partial charge is 0.248 e. The van der Waals surface area contributed by atoms with Gasteiger partial charge in [-0.15, -0.1) is 0 Å². The van der Waals surface area contributed by atoms with Crippen molar-refractivity contribution in [2.45, 2.75) is 56.0 Å². The highest BCUT2D eigenvalue weighted by Gasteiger charge is 2.42. The van der Waals surface area contributed by atoms with Crippen LogP contribution in [0.1, 0.15) is 53.9 Å². The molecule has 2 aliphatic rings. The standard InChI is InChI=1S/C17H21F2NO2/c1-22-16-3-2-11(8-12(16)10-21)14-9-15(14)20-13-4-6-17(18,19)7-5-13/h2-3,8,10,13-15,20H,4-7,9H2,1H3. The van der Waals surface area contributed by atoms with Gasteiger partial charge >= 0.3 is 0 Å². The number of methoxy groups -OCH3 is 1. The third-order valence-corrected chi connectivity index (χ3v) is 4.77. The first-order valence-electron chi connectivity index (χ1n) is 7.79. The molecule has 0 aromatic heterocycles. The van der Waals surface area contributed by atoms with E-state index >= 15 is 0 Å². The van der Waals surface area contributed by atoms with Crippen LogP contribution in [0.2, 0.25) is 0 Å². The van der Waals surface area contributed by atoms with E-state index in [4.69, 9.17) is 4.74 Å². The minimum absolute atomic E-state index is 0.0140. The molecule has 0 radical (unpaired) electrons. The van der Waals surface area contributed by atoms with Gasteiger partial charge in [0.15, 0.2) is 6.29 Å². The quantitative estimate of drug-likeness (QED) is 0.846. The number of halogens is 2. The van der Waals surface area contributed by atoms with E-state index in [1.54, 1.807) is 7.11 Å². The van der Waals surface area contributed by atoms with Crippen LogP contribution in [0.4, 0.5) is 8.78 Å². The fourth-order valence-electron chi connectivity index (χ4n) is 3.33. The van der Waals surface area contributed by atoms with Crippen molar-refractivity contribution in [1.82, 2.24) is 5.32 Å². The van der Waals surface area contributed by atoms with Crippen LogP contribution >= 0.6 is 0 Å². The fraction of sp³-hybridized carbons (Fsp3) is 0.588. The second-order valence-electron chi connectivity index (χ2n) is 6.36. The van der Waals surface area contributed by atoms with Crippen molar-refractivity contribution >= 4 is 6.29 Å². The molecule has 1 aromatic carbocycles. The zero-order valence-corrected chi connectivity index (χ0v) is 12.6. The Morgan fingerprint density at radius 3 is 2.68 bits per heavy atom. The van der Waals surface area contributed by atoms with Crippen molar-refractivity contribution in [1.29, 1.82) is 0 Å². The Balaban J connectivity index is 1.57. The number of aldehydes is 1. The third-order valence-electron chi connectivity index (χ3n) is 4.77. The van der Waals surface area contributed by atoms with Gasteiger partial charge in [0.2, 0.25) is 5.92 Å². The first-order valence-corrected chi connectivity index (χ1v) is 7.79. The SMILES string of the molecule is COc1ccc(C2CC2NC2CCC(F)(F)CC2)cc1C=O. The average Bonchev–Trinajstić information content (AvgIpc) is 3.28. The van der Waals surface area contributed by atoms with Gasteiger partial charge < -0.3 is 10.1 Å². The van der Waals surface area contributed by atoms with Crippen LogP contribution in [-0.4, -0.2) is 31.4 Å². The predicted octanol–water partition coefficient (Wildman–Crippen LogP) is 3.53. The molecule has 0 bridgehead atoms. The van der Waals surface area contributed by atoms with Crippen molar-refractivity contribution in [3.05, 3.63) is 29.3 Å². The lowest BCUT2D eigenvalue weighted by Gasteiger charge is -2.29. The van der Waals surface area contributed by atoms with Gasteiger partial charge in [0, 0.05) is 30.8 Å². The normalized spacial score (nSPS) is 27.4. The van der Waals surface area contributed by atoms with E-state index in [0.29, 0.717) is 36.1 Å². The summed E-state index contributed by atoms with van der Waals surface area (Å²) in [5.41, 5.74) is 1.67. The van der Waals surface area contributed by atoms with Gasteiger partial charge in [-0.3, -0.25) is 4.79 Å². The number of carbonyl (C=O) groups is 1. The number of hydrogen-bond acceptors (Lipinski definition) is 3. The van der Waals surface area contributed by atoms with Gasteiger partial charge in [-0.2, -0.15) is 0 Å². The minimum Gasteiger partial charge on any atom is -0.496 e. The van der Waals surface area contributed by atoms with Gasteiger partial charge in [-0.1, -0.05) is 6.07 Å². The zero-order valence-electron chi connectivity index (χ0n) is 12.6. The summed E-state index contributed by atoms with van der Waals surface area (Å²) in [5, 5.41) is 3.49. The van der Waals surface area contributed by atoms with Crippen LogP contribution in [0.5, 0.6) is 5.75 Å². The summed E-state index contributed by atoms with van der Waals surface area (Å²) in [6, 6.07) is 6.19. The second-order valence-corrected chi connectivity index (χ2v) is 6.36. The van der Waals surface area contributed by atoms with E-state index < -0.39 is 5.92 Å². The second kappa shape index (κ2) is 5.95. The molecule has 2 atom stereocenters. The molecule has 1 aromatic rings. The molecule has 0 spiro atoms. The van der Waals surface area contributed by atoms with Gasteiger partial charge in [0.1, 0.15) is 5.75 Å². The van der Waals surface area contributed by atoms with Crippen molar-refractivity contribution in [3.8, 4) is 5.75 Å². The largest absolute Gasteiger partial charge is 0.496 e. The van der Waals surface area contributed by atoms with Crippen LogP contribution < -0.4 is 10.1 Å². The Morgan fingerprint density at radius 2 is 2.05 bits per heavy atom. The maximum absolute atomic E-state index is 13.2. The molecule has 0 saturated heterocycles. The highest BCUT2D eigenvalue weighted by atomic mass is 19.3. The third kappa shape index (κ3) is 3.29. The topological polar surface area (TPSA) is 38.3 Å². The molecule has 2 aliphatic carbocycles. The lowest BCUT2D eigenvalue weighted by Crippen LogP contribution is -2.38. The maximum Gasteiger partial charge on any atom is 0.248 e. The molecule has 2 fully saturated rings. The molecule has 120 valence electrons. The summed E-state index contributed by atoms with van der Waals surface area (Å²) in [6.45, 7) is 0. The van der Waals surface area contributed by atoms with E-state index in [0.717, 1.165) is 18.3 Å². The first kappa shape index (κ1) is 15.4. The highest BCUT2D eigenvalue weighted by Crippen LogP contribution is 2.43. The number of alkyl halides is 2. The van der Waals surface area contributed by atoms with Crippen molar-refractivity contribution < 1.29 is 18.3 Å². The molecule has 22 heavy (non-hydrogen) atoms. The Labute approximate surface area is 129 Å². The van der Waals surface area contributed by atoms with Crippen LogP contribution in [-0.2, 0) is 0 Å². The van der Waals surface area contributed by atoms with Gasteiger partial charge in [-0.25, -0.2) is 8.78 Å². The number of ether oxygens (including phenoxy) is 1. The number of rotatable bonds is 5. The summed E-state index contributed by atoms with van der Waals surface area (Å²) in [4.78, 5) is 11.1. The molecule has 2 unspecified atom stereocenters. The van der Waals surface area contributed by atoms with Crippen LogP contribution in [0.25, 0.3) is 0 Å². The first-order chi connectivity index (χ1) is 10.5. The lowest BCUT2D eigenvalue weighted by molar-refractivity contribution is -0.0405. The molecule has 5 heteroatoms. The van der Waals surface area contributed by atoms with Crippen LogP contribution in [0.15, 0.2) is 18.2 Å². The van der Waals surface area contributed by atoms with Crippen molar-refractivity contribution in [2.75, 3.05) is 7.11 Å². The van der Waals surface area contributed by atoms with E-state index in [-0.39, 0.29) is 18.9 Å². The summed E-state index contributed by atoms with van der Waals surface area (Å²) in [7, 11) is 1.54. The summed E-state index contributed by atoms with van der Waals surface area (Å²) in [5.74, 6) is -1.53. The number of nitrogens with one attached hydrogen (secondary N) is 1. The zero-order chi connectivity index (χ0) is 15.7. The number of benzene rings is 1. The molecule has 2 saturated carbocycles. The van der Waals surface area contributed by atoms with Crippen LogP contribution in [0, 0.1) is 0 Å². The minimum atomic E-state index is -2.48. The summed E-state index contributed by atoms with van der Waals surface area (Å²) < 4.78 is 31.5. The molecule has 1 N–H and O–H groups in total. The predicted molar refractivity (Wildman–Crippen MR) is 79.9 cm³/mol. The summed E-state index contributed by atoms with van der Waals surface area (Å²) >= 11 is 0. The van der Waals surface area contributed by atoms with E-state index in [1.165, 1.54) is 0 Å². The van der Waals surface area contributed by atoms with Gasteiger partial charge in [-0.05, 0) is 37.0 Å². The molecular weight excluding hydrogens is 288 g/mol. The number of hydrogen-bond donors (Lipinski definition) is 1. The fourth-order valence-corrected chi connectivity index (χ4v) is 3.33. The molecule has 3 nitrogen and oxygen atoms in total. The number of carbonyl (C=O) groups excluding carboxylic acids is 1. The van der Waals surface area contributed by atoms with Crippen molar-refractivity contribution in [2.24, 2.45) is 0 Å². The Morgan fingerprint density at radius 1 is 1.32 bits per heavy atom. The molecule has 0 heterocycles. The Bertz CT molecular complexity index is 552. The Hall–Kier alpha value is -1.49. The lowest BCUT2D eigenvalue weighted by atomic mass is 9.92. The van der Waals surface area contributed by atoms with E-state index in [1.807, 2.05) is 18.2 Å². The molecule has 3 rings (SSSR count). The molecule has 0 amide bonds. The van der Waals surface area contributed by atoms with E-state index in [9.17, 15) is 13.6 Å². The van der Waals surface area contributed by atoms with Crippen LogP contribution in [0.3, 0.4) is 0 Å². The van der Waals surface area contributed by atoms with E-state index in [2.05, 4.69) is 5.32 Å². The Kier molecular flexibility index (Phi) is 4.17. The molecular formula is C17H21F2NO2. The van der Waals surface area contributed by atoms with Gasteiger partial charge in [0.05, 0.1) is 12.7 Å².